The van der Waals surface area contributed by atoms with Crippen LogP contribution in [0, 0.1) is 0 Å². The molecule has 6 heteroatoms. The third kappa shape index (κ3) is 2.28. The maximum absolute atomic E-state index is 11.9. The summed E-state index contributed by atoms with van der Waals surface area (Å²) in [7, 11) is 0. The molecular weight excluding hydrogens is 205 g/mol. The Hall–Kier alpha value is -0.880. The van der Waals surface area contributed by atoms with Crippen molar-refractivity contribution in [3.05, 3.63) is 24.3 Å². The molecule has 1 atom stereocenters. The third-order valence-electron chi connectivity index (χ3n) is 1.26. The van der Waals surface area contributed by atoms with Gasteiger partial charge in [0.15, 0.2) is 0 Å². The van der Waals surface area contributed by atoms with Crippen LogP contribution >= 0.6 is 0 Å². The minimum absolute atomic E-state index is 0.727. The zero-order valence-corrected chi connectivity index (χ0v) is 6.98. The molecule has 0 aliphatic heterocycles. The Morgan fingerprint density at radius 3 is 2.23 bits per heavy atom. The maximum atomic E-state index is 11.9. The lowest BCUT2D eigenvalue weighted by Gasteiger charge is -2.11. The van der Waals surface area contributed by atoms with Crippen LogP contribution in [0.25, 0.3) is 0 Å². The lowest BCUT2D eigenvalue weighted by molar-refractivity contribution is -0.0437. The molecule has 0 heterocycles. The second kappa shape index (κ2) is 3.47. The van der Waals surface area contributed by atoms with Gasteiger partial charge in [-0.05, 0) is 12.1 Å². The smallest absolute Gasteiger partial charge is 0.578 e. The Morgan fingerprint density at radius 2 is 1.77 bits per heavy atom. The van der Waals surface area contributed by atoms with E-state index in [0.29, 0.717) is 0 Å². The van der Waals surface area contributed by atoms with Crippen molar-refractivity contribution in [1.29, 1.82) is 0 Å². The molecule has 1 rings (SSSR count). The van der Waals surface area contributed by atoms with Crippen molar-refractivity contribution in [2.75, 3.05) is 0 Å². The van der Waals surface area contributed by atoms with Crippen molar-refractivity contribution in [2.24, 2.45) is 0 Å². The van der Waals surface area contributed by atoms with E-state index in [1.807, 2.05) is 0 Å². The number of hydrogen-bond donors (Lipinski definition) is 0. The molecule has 71 valence electrons. The molecule has 1 radical (unpaired) electrons. The number of rotatable bonds is 1. The van der Waals surface area contributed by atoms with Crippen molar-refractivity contribution in [3.63, 3.8) is 0 Å². The molecule has 0 spiro atoms. The largest absolute Gasteiger partial charge is 0.604 e. The van der Waals surface area contributed by atoms with Crippen molar-refractivity contribution < 1.29 is 22.8 Å². The van der Waals surface area contributed by atoms with Gasteiger partial charge in [0.25, 0.3) is 0 Å². The van der Waals surface area contributed by atoms with Gasteiger partial charge in [0.05, 0.1) is 0 Å². The van der Waals surface area contributed by atoms with Crippen LogP contribution in [-0.4, -0.2) is 10.1 Å². The van der Waals surface area contributed by atoms with Crippen LogP contribution in [0.2, 0.25) is 0 Å². The molecular formula is C7H4F3O2S. The third-order valence-corrected chi connectivity index (χ3v) is 2.42. The summed E-state index contributed by atoms with van der Waals surface area (Å²) >= 11 is -3.22. The summed E-state index contributed by atoms with van der Waals surface area (Å²) in [5, 5.41) is 10.8. The van der Waals surface area contributed by atoms with Gasteiger partial charge in [0, 0.05) is 0 Å². The number of benzene rings is 1. The SMILES string of the molecule is [O]c1ccccc1[S+]([O-])C(F)(F)F. The molecule has 1 aromatic rings. The molecule has 13 heavy (non-hydrogen) atoms. The summed E-state index contributed by atoms with van der Waals surface area (Å²) in [4.78, 5) is -0.727. The van der Waals surface area contributed by atoms with Crippen LogP contribution in [-0.2, 0) is 16.3 Å². The molecule has 1 unspecified atom stereocenters. The van der Waals surface area contributed by atoms with Crippen LogP contribution in [0.15, 0.2) is 29.2 Å². The van der Waals surface area contributed by atoms with Crippen LogP contribution in [0.3, 0.4) is 0 Å². The van der Waals surface area contributed by atoms with Crippen molar-refractivity contribution >= 4 is 11.2 Å². The monoisotopic (exact) mass is 209 g/mol. The van der Waals surface area contributed by atoms with Gasteiger partial charge in [-0.25, -0.2) is 0 Å². The molecule has 0 fully saturated rings. The fraction of sp³-hybridized carbons (Fsp3) is 0.143. The fourth-order valence-electron chi connectivity index (χ4n) is 0.728. The second-order valence-electron chi connectivity index (χ2n) is 2.16. The Balaban J connectivity index is 3.02. The Morgan fingerprint density at radius 1 is 1.23 bits per heavy atom. The van der Waals surface area contributed by atoms with E-state index in [4.69, 9.17) is 0 Å². The molecule has 0 aliphatic carbocycles. The minimum atomic E-state index is -4.87. The van der Waals surface area contributed by atoms with E-state index in [1.54, 1.807) is 0 Å². The summed E-state index contributed by atoms with van der Waals surface area (Å²) in [6.45, 7) is 0. The predicted molar refractivity (Wildman–Crippen MR) is 39.0 cm³/mol. The molecule has 0 saturated heterocycles. The number of halogens is 3. The summed E-state index contributed by atoms with van der Waals surface area (Å²) < 4.78 is 46.3. The highest BCUT2D eigenvalue weighted by molar-refractivity contribution is 7.92. The first-order chi connectivity index (χ1) is 5.93. The molecule has 1 aromatic carbocycles. The summed E-state index contributed by atoms with van der Waals surface area (Å²) in [5.41, 5.74) is -4.87. The van der Waals surface area contributed by atoms with Crippen LogP contribution in [0.4, 0.5) is 13.2 Å². The summed E-state index contributed by atoms with van der Waals surface area (Å²) in [5.74, 6) is -0.863. The van der Waals surface area contributed by atoms with E-state index in [9.17, 15) is 22.8 Å². The lowest BCUT2D eigenvalue weighted by atomic mass is 10.3. The number of alkyl halides is 3. The predicted octanol–water partition coefficient (Wildman–Crippen LogP) is 2.46. The van der Waals surface area contributed by atoms with E-state index in [2.05, 4.69) is 0 Å². The minimum Gasteiger partial charge on any atom is -0.604 e. The highest BCUT2D eigenvalue weighted by Gasteiger charge is 2.47. The zero-order chi connectivity index (χ0) is 10.1. The first-order valence-electron chi connectivity index (χ1n) is 3.17. The van der Waals surface area contributed by atoms with Crippen LogP contribution < -0.4 is 0 Å². The van der Waals surface area contributed by atoms with E-state index in [0.717, 1.165) is 12.1 Å². The van der Waals surface area contributed by atoms with Crippen molar-refractivity contribution in [2.45, 2.75) is 10.4 Å². The first-order valence-corrected chi connectivity index (χ1v) is 4.32. The van der Waals surface area contributed by atoms with E-state index in [1.165, 1.54) is 12.1 Å². The molecule has 0 N–H and O–H groups in total. The summed E-state index contributed by atoms with van der Waals surface area (Å²) in [6.07, 6.45) is 0. The molecule has 0 aromatic heterocycles. The quantitative estimate of drug-likeness (QED) is 0.655. The Bertz CT molecular complexity index is 300. The maximum Gasteiger partial charge on any atom is 0.578 e. The molecule has 0 amide bonds. The van der Waals surface area contributed by atoms with Gasteiger partial charge in [-0.1, -0.05) is 12.1 Å². The average molecular weight is 209 g/mol. The second-order valence-corrected chi connectivity index (χ2v) is 3.60. The van der Waals surface area contributed by atoms with Gasteiger partial charge in [0.2, 0.25) is 10.6 Å². The van der Waals surface area contributed by atoms with E-state index in [-0.39, 0.29) is 0 Å². The average Bonchev–Trinajstić information content (AvgIpc) is 2.02. The Labute approximate surface area is 75.2 Å². The van der Waals surface area contributed by atoms with E-state index >= 15 is 0 Å². The molecule has 0 saturated carbocycles. The van der Waals surface area contributed by atoms with Gasteiger partial charge in [-0.2, -0.15) is 0 Å². The topological polar surface area (TPSA) is 43.0 Å². The van der Waals surface area contributed by atoms with Gasteiger partial charge in [0.1, 0.15) is 11.2 Å². The summed E-state index contributed by atoms with van der Waals surface area (Å²) in [6, 6.07) is 4.38. The van der Waals surface area contributed by atoms with Gasteiger partial charge in [-0.3, -0.25) is 5.11 Å². The normalized spacial score (nSPS) is 14.2. The first kappa shape index (κ1) is 10.2. The van der Waals surface area contributed by atoms with E-state index < -0.39 is 27.3 Å². The fourth-order valence-corrected chi connectivity index (χ4v) is 1.43. The molecule has 0 aliphatic rings. The highest BCUT2D eigenvalue weighted by atomic mass is 32.2. The number of para-hydroxylation sites is 1. The van der Waals surface area contributed by atoms with Gasteiger partial charge >= 0.3 is 5.51 Å². The zero-order valence-electron chi connectivity index (χ0n) is 6.17. The van der Waals surface area contributed by atoms with Crippen LogP contribution in [0.5, 0.6) is 5.75 Å². The van der Waals surface area contributed by atoms with Gasteiger partial charge < -0.3 is 4.55 Å². The van der Waals surface area contributed by atoms with Crippen LogP contribution in [0.1, 0.15) is 0 Å². The van der Waals surface area contributed by atoms with Gasteiger partial charge in [-0.15, -0.1) is 13.2 Å². The number of hydrogen-bond acceptors (Lipinski definition) is 1. The standard InChI is InChI=1S/C7H4F3O2S/c8-7(9,10)13(12)6-4-2-1-3-5(6)11/h1-4H. The lowest BCUT2D eigenvalue weighted by Crippen LogP contribution is -2.23. The molecule has 2 nitrogen and oxygen atoms in total. The molecule has 0 bridgehead atoms. The highest BCUT2D eigenvalue weighted by Crippen LogP contribution is 2.34. The van der Waals surface area contributed by atoms with Crippen molar-refractivity contribution in [1.82, 2.24) is 0 Å². The Kier molecular flexibility index (Phi) is 2.72. The van der Waals surface area contributed by atoms with Crippen molar-refractivity contribution in [3.8, 4) is 5.75 Å².